The minimum atomic E-state index is -0.712. The highest BCUT2D eigenvalue weighted by atomic mass is 16.1. The van der Waals surface area contributed by atoms with E-state index >= 15 is 0 Å². The van der Waals surface area contributed by atoms with Crippen molar-refractivity contribution in [3.63, 3.8) is 0 Å². The summed E-state index contributed by atoms with van der Waals surface area (Å²) in [5.74, 6) is 0.0671. The summed E-state index contributed by atoms with van der Waals surface area (Å²) in [6.45, 7) is 1.57. The molecule has 0 bridgehead atoms. The van der Waals surface area contributed by atoms with Crippen molar-refractivity contribution in [1.29, 1.82) is 0 Å². The van der Waals surface area contributed by atoms with Gasteiger partial charge < -0.3 is 5.73 Å². The molecule has 0 aromatic heterocycles. The van der Waals surface area contributed by atoms with Gasteiger partial charge in [0.25, 0.3) is 0 Å². The summed E-state index contributed by atoms with van der Waals surface area (Å²) in [7, 11) is 0. The molecule has 2 rings (SSSR count). The van der Waals surface area contributed by atoms with Crippen LogP contribution in [-0.2, 0) is 16.8 Å². The van der Waals surface area contributed by atoms with Crippen molar-refractivity contribution in [1.82, 2.24) is 0 Å². The number of carbonyl (C=O) groups is 1. The van der Waals surface area contributed by atoms with Gasteiger partial charge in [-0.05, 0) is 30.9 Å². The zero-order chi connectivity index (χ0) is 9.47. The van der Waals surface area contributed by atoms with Crippen molar-refractivity contribution in [2.24, 2.45) is 5.73 Å². The second-order valence-electron chi connectivity index (χ2n) is 3.68. The van der Waals surface area contributed by atoms with Crippen LogP contribution in [-0.4, -0.2) is 5.78 Å². The third kappa shape index (κ3) is 1.10. The quantitative estimate of drug-likeness (QED) is 0.700. The van der Waals surface area contributed by atoms with Crippen LogP contribution in [0.1, 0.15) is 24.5 Å². The van der Waals surface area contributed by atoms with Crippen molar-refractivity contribution < 1.29 is 4.79 Å². The number of Topliss-reactive ketones (excluding diaryl/α,β-unsaturated/α-hetero) is 1. The number of hydrogen-bond donors (Lipinski definition) is 1. The summed E-state index contributed by atoms with van der Waals surface area (Å²) < 4.78 is 0. The number of ketones is 1. The van der Waals surface area contributed by atoms with Crippen molar-refractivity contribution >= 4 is 5.78 Å². The van der Waals surface area contributed by atoms with E-state index in [-0.39, 0.29) is 5.78 Å². The van der Waals surface area contributed by atoms with Crippen LogP contribution in [0.3, 0.4) is 0 Å². The lowest BCUT2D eigenvalue weighted by molar-refractivity contribution is -0.122. The monoisotopic (exact) mass is 175 g/mol. The molecule has 0 saturated heterocycles. The molecule has 2 nitrogen and oxygen atoms in total. The molecule has 1 aromatic rings. The lowest BCUT2D eigenvalue weighted by Crippen LogP contribution is -2.41. The third-order valence-corrected chi connectivity index (χ3v) is 2.91. The van der Waals surface area contributed by atoms with E-state index in [9.17, 15) is 4.79 Å². The van der Waals surface area contributed by atoms with Gasteiger partial charge in [-0.25, -0.2) is 0 Å². The molecule has 0 unspecified atom stereocenters. The Morgan fingerprint density at radius 2 is 2.15 bits per heavy atom. The number of aryl methyl sites for hydroxylation is 1. The van der Waals surface area contributed by atoms with Gasteiger partial charge in [0, 0.05) is 0 Å². The summed E-state index contributed by atoms with van der Waals surface area (Å²) >= 11 is 0. The molecule has 0 heterocycles. The smallest absolute Gasteiger partial charge is 0.154 e. The summed E-state index contributed by atoms with van der Waals surface area (Å²) in [6.07, 6.45) is 1.67. The van der Waals surface area contributed by atoms with E-state index in [1.54, 1.807) is 6.92 Å². The number of nitrogens with two attached hydrogens (primary N) is 1. The fraction of sp³-hybridized carbons (Fsp3) is 0.364. The second-order valence-corrected chi connectivity index (χ2v) is 3.68. The summed E-state index contributed by atoms with van der Waals surface area (Å²) in [6, 6.07) is 7.94. The molecular formula is C11H13NO. The number of fused-ring (bicyclic) bond motifs is 1. The summed E-state index contributed by atoms with van der Waals surface area (Å²) in [4.78, 5) is 11.4. The van der Waals surface area contributed by atoms with Crippen LogP contribution < -0.4 is 5.73 Å². The molecular weight excluding hydrogens is 162 g/mol. The maximum absolute atomic E-state index is 11.4. The molecule has 0 fully saturated rings. The van der Waals surface area contributed by atoms with Crippen LogP contribution in [0.2, 0.25) is 0 Å². The van der Waals surface area contributed by atoms with Crippen LogP contribution in [0.25, 0.3) is 0 Å². The normalized spacial score (nSPS) is 25.7. The van der Waals surface area contributed by atoms with Gasteiger partial charge in [-0.1, -0.05) is 24.3 Å². The lowest BCUT2D eigenvalue weighted by atomic mass is 9.89. The SMILES string of the molecule is CC(=O)[C@@]1(N)CCc2ccccc21. The van der Waals surface area contributed by atoms with E-state index in [0.29, 0.717) is 0 Å². The van der Waals surface area contributed by atoms with Gasteiger partial charge in [-0.15, -0.1) is 0 Å². The Morgan fingerprint density at radius 1 is 1.46 bits per heavy atom. The first kappa shape index (κ1) is 8.45. The molecule has 1 aromatic carbocycles. The second kappa shape index (κ2) is 2.67. The number of benzene rings is 1. The van der Waals surface area contributed by atoms with Crippen LogP contribution in [0, 0.1) is 0 Å². The standard InChI is InChI=1S/C11H13NO/c1-8(13)11(12)7-6-9-4-2-3-5-10(9)11/h2-5H,6-7,12H2,1H3/t11-/m0/s1. The Balaban J connectivity index is 2.55. The third-order valence-electron chi connectivity index (χ3n) is 2.91. The average molecular weight is 175 g/mol. The van der Waals surface area contributed by atoms with Crippen molar-refractivity contribution in [2.75, 3.05) is 0 Å². The number of rotatable bonds is 1. The van der Waals surface area contributed by atoms with Crippen molar-refractivity contribution in [3.8, 4) is 0 Å². The molecule has 0 radical (unpaired) electrons. The zero-order valence-corrected chi connectivity index (χ0v) is 7.71. The molecule has 68 valence electrons. The van der Waals surface area contributed by atoms with E-state index in [4.69, 9.17) is 5.73 Å². The highest BCUT2D eigenvalue weighted by Crippen LogP contribution is 2.35. The van der Waals surface area contributed by atoms with E-state index in [1.807, 2.05) is 24.3 Å². The van der Waals surface area contributed by atoms with Crippen molar-refractivity contribution in [3.05, 3.63) is 35.4 Å². The Kier molecular flexibility index (Phi) is 1.74. The Hall–Kier alpha value is -1.15. The number of carbonyl (C=O) groups excluding carboxylic acids is 1. The largest absolute Gasteiger partial charge is 0.315 e. The van der Waals surface area contributed by atoms with Crippen molar-refractivity contribution in [2.45, 2.75) is 25.3 Å². The average Bonchev–Trinajstić information content (AvgIpc) is 2.47. The molecule has 0 spiro atoms. The maximum Gasteiger partial charge on any atom is 0.154 e. The first-order valence-corrected chi connectivity index (χ1v) is 4.53. The van der Waals surface area contributed by atoms with E-state index in [1.165, 1.54) is 5.56 Å². The topological polar surface area (TPSA) is 43.1 Å². The predicted octanol–water partition coefficient (Wildman–Crippen LogP) is 1.38. The molecule has 2 heteroatoms. The van der Waals surface area contributed by atoms with E-state index < -0.39 is 5.54 Å². The molecule has 0 amide bonds. The van der Waals surface area contributed by atoms with Gasteiger partial charge in [0.1, 0.15) is 5.54 Å². The molecule has 13 heavy (non-hydrogen) atoms. The minimum absolute atomic E-state index is 0.0671. The van der Waals surface area contributed by atoms with Crippen LogP contribution >= 0.6 is 0 Å². The molecule has 2 N–H and O–H groups in total. The fourth-order valence-electron chi connectivity index (χ4n) is 2.01. The van der Waals surface area contributed by atoms with Crippen LogP contribution in [0.5, 0.6) is 0 Å². The Bertz CT molecular complexity index is 359. The Labute approximate surface area is 77.8 Å². The van der Waals surface area contributed by atoms with Gasteiger partial charge in [0.05, 0.1) is 0 Å². The predicted molar refractivity (Wildman–Crippen MR) is 51.3 cm³/mol. The van der Waals surface area contributed by atoms with Gasteiger partial charge in [0.15, 0.2) is 5.78 Å². The van der Waals surface area contributed by atoms with E-state index in [0.717, 1.165) is 18.4 Å². The molecule has 0 saturated carbocycles. The van der Waals surface area contributed by atoms with Gasteiger partial charge in [-0.3, -0.25) is 4.79 Å². The number of hydrogen-bond acceptors (Lipinski definition) is 2. The fourth-order valence-corrected chi connectivity index (χ4v) is 2.01. The van der Waals surface area contributed by atoms with E-state index in [2.05, 4.69) is 0 Å². The highest BCUT2D eigenvalue weighted by molar-refractivity contribution is 5.88. The Morgan fingerprint density at radius 3 is 2.85 bits per heavy atom. The highest BCUT2D eigenvalue weighted by Gasteiger charge is 2.38. The first-order chi connectivity index (χ1) is 6.14. The van der Waals surface area contributed by atoms with Crippen LogP contribution in [0.4, 0.5) is 0 Å². The lowest BCUT2D eigenvalue weighted by Gasteiger charge is -2.21. The van der Waals surface area contributed by atoms with Crippen LogP contribution in [0.15, 0.2) is 24.3 Å². The summed E-state index contributed by atoms with van der Waals surface area (Å²) in [5, 5.41) is 0. The van der Waals surface area contributed by atoms with Gasteiger partial charge in [-0.2, -0.15) is 0 Å². The van der Waals surface area contributed by atoms with Gasteiger partial charge >= 0.3 is 0 Å². The minimum Gasteiger partial charge on any atom is -0.315 e. The molecule has 1 atom stereocenters. The zero-order valence-electron chi connectivity index (χ0n) is 7.71. The molecule has 1 aliphatic rings. The first-order valence-electron chi connectivity index (χ1n) is 4.53. The maximum atomic E-state index is 11.4. The summed E-state index contributed by atoms with van der Waals surface area (Å²) in [5.41, 5.74) is 7.59. The molecule has 0 aliphatic heterocycles. The molecule has 1 aliphatic carbocycles. The van der Waals surface area contributed by atoms with Gasteiger partial charge in [0.2, 0.25) is 0 Å².